The molecule has 1 aromatic carbocycles. The minimum atomic E-state index is -0.539. The Morgan fingerprint density at radius 2 is 1.94 bits per heavy atom. The van der Waals surface area contributed by atoms with E-state index in [1.54, 1.807) is 12.1 Å². The molecule has 0 unspecified atom stereocenters. The van der Waals surface area contributed by atoms with Crippen molar-refractivity contribution >= 4 is 6.03 Å². The molecule has 16 heavy (non-hydrogen) atoms. The summed E-state index contributed by atoms with van der Waals surface area (Å²) in [6.07, 6.45) is 0.780. The first kappa shape index (κ1) is 10.8. The molecule has 0 bridgehead atoms. The van der Waals surface area contributed by atoms with E-state index in [2.05, 4.69) is 9.98 Å². The van der Waals surface area contributed by atoms with Gasteiger partial charge in [0.15, 0.2) is 0 Å². The Labute approximate surface area is 92.8 Å². The van der Waals surface area contributed by atoms with Crippen molar-refractivity contribution in [3.8, 4) is 5.75 Å². The van der Waals surface area contributed by atoms with Crippen molar-refractivity contribution < 1.29 is 9.90 Å². The fourth-order valence-corrected chi connectivity index (χ4v) is 1.61. The number of phenols is 1. The van der Waals surface area contributed by atoms with Crippen LogP contribution in [0, 0.1) is 0 Å². The summed E-state index contributed by atoms with van der Waals surface area (Å²) in [6, 6.07) is 2.80. The van der Waals surface area contributed by atoms with Crippen LogP contribution in [0.5, 0.6) is 5.75 Å². The highest BCUT2D eigenvalue weighted by atomic mass is 16.3. The first-order valence-electron chi connectivity index (χ1n) is 5.05. The summed E-state index contributed by atoms with van der Waals surface area (Å²) < 4.78 is 0. The van der Waals surface area contributed by atoms with Gasteiger partial charge in [-0.15, -0.1) is 0 Å². The van der Waals surface area contributed by atoms with E-state index in [1.165, 1.54) is 0 Å². The molecule has 1 heterocycles. The third kappa shape index (κ3) is 1.94. The van der Waals surface area contributed by atoms with Gasteiger partial charge in [-0.05, 0) is 32.1 Å². The molecule has 1 aliphatic rings. The number of phenolic OH excluding ortho intramolecular Hbond substituents is 1. The number of carbonyl (C=O) groups is 1. The fraction of sp³-hybridized carbons (Fsp3) is 0.364. The first-order valence-corrected chi connectivity index (χ1v) is 5.05. The van der Waals surface area contributed by atoms with Gasteiger partial charge in [0.25, 0.3) is 0 Å². The SMILES string of the molecule is CN(C)CCc1ccc(O)c2c1=NC(=O)N=2. The molecule has 0 radical (unpaired) electrons. The second kappa shape index (κ2) is 4.02. The summed E-state index contributed by atoms with van der Waals surface area (Å²) in [4.78, 5) is 20.6. The van der Waals surface area contributed by atoms with E-state index in [0.717, 1.165) is 18.5 Å². The van der Waals surface area contributed by atoms with E-state index in [-0.39, 0.29) is 5.75 Å². The molecule has 2 amide bonds. The van der Waals surface area contributed by atoms with Crippen molar-refractivity contribution in [2.45, 2.75) is 6.42 Å². The quantitative estimate of drug-likeness (QED) is 0.770. The zero-order valence-electron chi connectivity index (χ0n) is 9.27. The predicted molar refractivity (Wildman–Crippen MR) is 58.1 cm³/mol. The van der Waals surface area contributed by atoms with Crippen molar-refractivity contribution in [1.82, 2.24) is 4.90 Å². The zero-order valence-corrected chi connectivity index (χ0v) is 9.27. The van der Waals surface area contributed by atoms with Crippen LogP contribution in [-0.2, 0) is 6.42 Å². The number of likely N-dealkylation sites (N-methyl/N-ethyl adjacent to an activating group) is 1. The average molecular weight is 219 g/mol. The molecule has 0 spiro atoms. The van der Waals surface area contributed by atoms with Crippen molar-refractivity contribution in [3.63, 3.8) is 0 Å². The lowest BCUT2D eigenvalue weighted by Gasteiger charge is -2.08. The molecule has 2 rings (SSSR count). The number of rotatable bonds is 3. The summed E-state index contributed by atoms with van der Waals surface area (Å²) in [5, 5.41) is 10.4. The molecule has 0 fully saturated rings. The van der Waals surface area contributed by atoms with Crippen LogP contribution in [0.25, 0.3) is 0 Å². The van der Waals surface area contributed by atoms with Crippen molar-refractivity contribution in [3.05, 3.63) is 28.4 Å². The number of carbonyl (C=O) groups excluding carboxylic acids is 1. The Hall–Kier alpha value is -1.75. The number of nitrogens with zero attached hydrogens (tertiary/aromatic N) is 3. The maximum absolute atomic E-state index is 11.1. The second-order valence-electron chi connectivity index (χ2n) is 4.00. The number of amides is 2. The number of hydrogen-bond acceptors (Lipinski definition) is 3. The summed E-state index contributed by atoms with van der Waals surface area (Å²) >= 11 is 0. The van der Waals surface area contributed by atoms with Gasteiger partial charge >= 0.3 is 6.03 Å². The van der Waals surface area contributed by atoms with Crippen LogP contribution in [0.3, 0.4) is 0 Å². The summed E-state index contributed by atoms with van der Waals surface area (Å²) in [5.41, 5.74) is 0.941. The number of hydrogen-bond donors (Lipinski definition) is 1. The molecule has 0 aliphatic carbocycles. The van der Waals surface area contributed by atoms with E-state index in [1.807, 2.05) is 19.0 Å². The molecule has 0 saturated heterocycles. The normalized spacial score (nSPS) is 13.6. The molecule has 0 aromatic heterocycles. The molecule has 84 valence electrons. The highest BCUT2D eigenvalue weighted by Crippen LogP contribution is 2.03. The van der Waals surface area contributed by atoms with Crippen LogP contribution in [0.4, 0.5) is 4.79 Å². The Balaban J connectivity index is 2.45. The van der Waals surface area contributed by atoms with Crippen molar-refractivity contribution in [2.24, 2.45) is 9.98 Å². The van der Waals surface area contributed by atoms with E-state index >= 15 is 0 Å². The zero-order chi connectivity index (χ0) is 11.7. The number of urea groups is 1. The van der Waals surface area contributed by atoms with Crippen LogP contribution in [0.1, 0.15) is 5.56 Å². The molecule has 5 heteroatoms. The molecular weight excluding hydrogens is 206 g/mol. The van der Waals surface area contributed by atoms with E-state index < -0.39 is 6.03 Å². The third-order valence-electron chi connectivity index (χ3n) is 2.46. The Morgan fingerprint density at radius 3 is 2.62 bits per heavy atom. The topological polar surface area (TPSA) is 65.3 Å². The van der Waals surface area contributed by atoms with Gasteiger partial charge in [0.2, 0.25) is 0 Å². The lowest BCUT2D eigenvalue weighted by molar-refractivity contribution is 0.256. The predicted octanol–water partition coefficient (Wildman–Crippen LogP) is -0.131. The second-order valence-corrected chi connectivity index (χ2v) is 4.00. The molecule has 0 atom stereocenters. The van der Waals surface area contributed by atoms with Crippen molar-refractivity contribution in [2.75, 3.05) is 20.6 Å². The Morgan fingerprint density at radius 1 is 1.25 bits per heavy atom. The Kier molecular flexibility index (Phi) is 2.70. The van der Waals surface area contributed by atoms with Crippen LogP contribution in [-0.4, -0.2) is 36.7 Å². The van der Waals surface area contributed by atoms with Crippen LogP contribution >= 0.6 is 0 Å². The third-order valence-corrected chi connectivity index (χ3v) is 2.46. The highest BCUT2D eigenvalue weighted by molar-refractivity contribution is 5.78. The molecule has 1 aromatic rings. The van der Waals surface area contributed by atoms with Gasteiger partial charge < -0.3 is 10.0 Å². The summed E-state index contributed by atoms with van der Waals surface area (Å²) in [5.74, 6) is 0.0122. The van der Waals surface area contributed by atoms with E-state index in [0.29, 0.717) is 10.7 Å². The maximum Gasteiger partial charge on any atom is 0.368 e. The van der Waals surface area contributed by atoms with Crippen LogP contribution < -0.4 is 10.7 Å². The minimum absolute atomic E-state index is 0.0122. The lowest BCUT2D eigenvalue weighted by Crippen LogP contribution is -2.28. The lowest BCUT2D eigenvalue weighted by atomic mass is 10.1. The molecule has 0 saturated carbocycles. The molecule has 1 N–H and O–H groups in total. The van der Waals surface area contributed by atoms with Gasteiger partial charge in [-0.1, -0.05) is 6.07 Å². The number of fused-ring (bicyclic) bond motifs is 1. The smallest absolute Gasteiger partial charge is 0.368 e. The maximum atomic E-state index is 11.1. The van der Waals surface area contributed by atoms with Gasteiger partial charge in [0.1, 0.15) is 16.5 Å². The van der Waals surface area contributed by atoms with Gasteiger partial charge in [-0.3, -0.25) is 0 Å². The Bertz CT molecular complexity index is 549. The average Bonchev–Trinajstić information content (AvgIpc) is 2.59. The van der Waals surface area contributed by atoms with Crippen LogP contribution in [0.15, 0.2) is 22.1 Å². The van der Waals surface area contributed by atoms with Gasteiger partial charge in [0.05, 0.1) is 0 Å². The number of benzene rings is 1. The van der Waals surface area contributed by atoms with Crippen LogP contribution in [0.2, 0.25) is 0 Å². The minimum Gasteiger partial charge on any atom is -0.506 e. The highest BCUT2D eigenvalue weighted by Gasteiger charge is 2.12. The summed E-state index contributed by atoms with van der Waals surface area (Å²) in [7, 11) is 3.96. The molecule has 5 nitrogen and oxygen atoms in total. The van der Waals surface area contributed by atoms with E-state index in [4.69, 9.17) is 0 Å². The molecular formula is C11H13N3O2. The van der Waals surface area contributed by atoms with Gasteiger partial charge in [0, 0.05) is 6.54 Å². The van der Waals surface area contributed by atoms with Gasteiger partial charge in [-0.25, -0.2) is 4.79 Å². The standard InChI is InChI=1S/C11H13N3O2/c1-14(2)6-5-7-3-4-8(15)10-9(7)12-11(16)13-10/h3-4,15H,5-6H2,1-2H3. The first-order chi connectivity index (χ1) is 7.58. The van der Waals surface area contributed by atoms with Crippen molar-refractivity contribution in [1.29, 1.82) is 0 Å². The largest absolute Gasteiger partial charge is 0.506 e. The number of aromatic hydroxyl groups is 1. The van der Waals surface area contributed by atoms with Gasteiger partial charge in [-0.2, -0.15) is 9.98 Å². The molecule has 1 aliphatic heterocycles. The van der Waals surface area contributed by atoms with E-state index in [9.17, 15) is 9.90 Å². The monoisotopic (exact) mass is 219 g/mol. The fourth-order valence-electron chi connectivity index (χ4n) is 1.61. The summed E-state index contributed by atoms with van der Waals surface area (Å²) in [6.45, 7) is 0.862.